The molecule has 1 N–H and O–H groups in total. The normalized spacial score (nSPS) is 20.5. The largest absolute Gasteiger partial charge is 0.481 e. The number of ether oxygens (including phenoxy) is 2. The van der Waals surface area contributed by atoms with Gasteiger partial charge in [0.2, 0.25) is 5.79 Å². The second kappa shape index (κ2) is 5.94. The van der Waals surface area contributed by atoms with E-state index >= 15 is 0 Å². The van der Waals surface area contributed by atoms with Crippen LogP contribution in [0, 0.1) is 5.41 Å². The third-order valence-corrected chi connectivity index (χ3v) is 4.32. The maximum absolute atomic E-state index is 11.2. The van der Waals surface area contributed by atoms with Crippen LogP contribution < -0.4 is 0 Å². The van der Waals surface area contributed by atoms with Gasteiger partial charge in [-0.1, -0.05) is 44.2 Å². The molecule has 1 aromatic rings. The van der Waals surface area contributed by atoms with E-state index in [2.05, 4.69) is 13.8 Å². The molecule has 0 atom stereocenters. The molecule has 1 aliphatic heterocycles. The fourth-order valence-corrected chi connectivity index (χ4v) is 2.54. The highest BCUT2D eigenvalue weighted by Crippen LogP contribution is 2.42. The Kier molecular flexibility index (Phi) is 4.45. The summed E-state index contributed by atoms with van der Waals surface area (Å²) in [4.78, 5) is 11.2. The van der Waals surface area contributed by atoms with Crippen LogP contribution in [0.15, 0.2) is 30.3 Å². The summed E-state index contributed by atoms with van der Waals surface area (Å²) in [6, 6.07) is 9.34. The van der Waals surface area contributed by atoms with Gasteiger partial charge in [0.15, 0.2) is 0 Å². The summed E-state index contributed by atoms with van der Waals surface area (Å²) in [6.45, 7) is 5.29. The van der Waals surface area contributed by atoms with Crippen molar-refractivity contribution in [2.45, 2.75) is 38.9 Å². The summed E-state index contributed by atoms with van der Waals surface area (Å²) in [5.74, 6) is -2.07. The predicted molar refractivity (Wildman–Crippen MR) is 75.3 cm³/mol. The summed E-state index contributed by atoms with van der Waals surface area (Å²) in [7, 11) is 0. The van der Waals surface area contributed by atoms with Crippen molar-refractivity contribution < 1.29 is 19.4 Å². The zero-order valence-corrected chi connectivity index (χ0v) is 12.1. The Bertz CT molecular complexity index is 441. The quantitative estimate of drug-likeness (QED) is 0.898. The fraction of sp³-hybridized carbons (Fsp3) is 0.562. The highest BCUT2D eigenvalue weighted by Gasteiger charge is 2.45. The molecule has 0 bridgehead atoms. The molecule has 1 saturated heterocycles. The van der Waals surface area contributed by atoms with Crippen LogP contribution in [-0.4, -0.2) is 24.3 Å². The van der Waals surface area contributed by atoms with E-state index in [1.54, 1.807) is 0 Å². The van der Waals surface area contributed by atoms with Crippen molar-refractivity contribution in [1.29, 1.82) is 0 Å². The Morgan fingerprint density at radius 3 is 2.15 bits per heavy atom. The van der Waals surface area contributed by atoms with Crippen molar-refractivity contribution in [2.75, 3.05) is 13.2 Å². The molecule has 1 heterocycles. The minimum absolute atomic E-state index is 0.00319. The molecule has 1 aromatic carbocycles. The van der Waals surface area contributed by atoms with E-state index in [0.29, 0.717) is 13.2 Å². The van der Waals surface area contributed by atoms with Crippen LogP contribution >= 0.6 is 0 Å². The van der Waals surface area contributed by atoms with Crippen LogP contribution in [0.2, 0.25) is 0 Å². The van der Waals surface area contributed by atoms with Crippen LogP contribution in [0.1, 0.15) is 38.7 Å². The van der Waals surface area contributed by atoms with Crippen molar-refractivity contribution in [3.8, 4) is 0 Å². The maximum Gasteiger partial charge on any atom is 0.309 e. The van der Waals surface area contributed by atoms with Gasteiger partial charge in [-0.15, -0.1) is 0 Å². The lowest BCUT2D eigenvalue weighted by molar-refractivity contribution is -0.315. The first-order valence-electron chi connectivity index (χ1n) is 7.11. The molecule has 4 heteroatoms. The number of carboxylic acids is 1. The summed E-state index contributed by atoms with van der Waals surface area (Å²) >= 11 is 0. The number of carbonyl (C=O) groups is 1. The predicted octanol–water partition coefficient (Wildman–Crippen LogP) is 3.17. The zero-order chi connectivity index (χ0) is 14.6. The van der Waals surface area contributed by atoms with Gasteiger partial charge in [0.05, 0.1) is 13.2 Å². The smallest absolute Gasteiger partial charge is 0.309 e. The van der Waals surface area contributed by atoms with Crippen LogP contribution in [0.4, 0.5) is 0 Å². The lowest BCUT2D eigenvalue weighted by Crippen LogP contribution is -2.48. The van der Waals surface area contributed by atoms with Gasteiger partial charge in [0.25, 0.3) is 0 Å². The molecular formula is C16H22O4. The lowest BCUT2D eigenvalue weighted by atomic mass is 9.82. The third-order valence-electron chi connectivity index (χ3n) is 4.32. The maximum atomic E-state index is 11.2. The van der Waals surface area contributed by atoms with E-state index in [1.165, 1.54) is 0 Å². The second-order valence-electron chi connectivity index (χ2n) is 5.47. The fourth-order valence-electron chi connectivity index (χ4n) is 2.54. The van der Waals surface area contributed by atoms with Gasteiger partial charge < -0.3 is 14.6 Å². The van der Waals surface area contributed by atoms with E-state index in [0.717, 1.165) is 18.4 Å². The average molecular weight is 278 g/mol. The standard InChI is InChI=1S/C16H22O4/c1-3-15(4-2)11-19-16(20-12-15,10-14(17)18)13-8-6-5-7-9-13/h5-9H,3-4,10-12H2,1-2H3,(H,17,18). The van der Waals surface area contributed by atoms with Gasteiger partial charge in [-0.05, 0) is 12.8 Å². The van der Waals surface area contributed by atoms with Gasteiger partial charge >= 0.3 is 5.97 Å². The van der Waals surface area contributed by atoms with Gasteiger partial charge in [-0.2, -0.15) is 0 Å². The Hall–Kier alpha value is -1.39. The Balaban J connectivity index is 2.26. The van der Waals surface area contributed by atoms with Gasteiger partial charge in [0, 0.05) is 11.0 Å². The van der Waals surface area contributed by atoms with E-state index in [1.807, 2.05) is 30.3 Å². The number of benzene rings is 1. The van der Waals surface area contributed by atoms with Crippen LogP contribution in [0.3, 0.4) is 0 Å². The monoisotopic (exact) mass is 278 g/mol. The molecule has 1 fully saturated rings. The highest BCUT2D eigenvalue weighted by atomic mass is 16.7. The summed E-state index contributed by atoms with van der Waals surface area (Å²) in [5.41, 5.74) is 0.764. The van der Waals surface area contributed by atoms with Crippen LogP contribution in [0.25, 0.3) is 0 Å². The molecule has 0 radical (unpaired) electrons. The number of rotatable bonds is 5. The van der Waals surface area contributed by atoms with E-state index in [9.17, 15) is 9.90 Å². The number of hydrogen-bond acceptors (Lipinski definition) is 3. The zero-order valence-electron chi connectivity index (χ0n) is 12.1. The van der Waals surface area contributed by atoms with Crippen LogP contribution in [-0.2, 0) is 20.1 Å². The van der Waals surface area contributed by atoms with Gasteiger partial charge in [0.1, 0.15) is 6.42 Å². The van der Waals surface area contributed by atoms with Crippen molar-refractivity contribution in [3.05, 3.63) is 35.9 Å². The van der Waals surface area contributed by atoms with Crippen molar-refractivity contribution in [3.63, 3.8) is 0 Å². The lowest BCUT2D eigenvalue weighted by Gasteiger charge is -2.45. The van der Waals surface area contributed by atoms with Crippen molar-refractivity contribution in [2.24, 2.45) is 5.41 Å². The summed E-state index contributed by atoms with van der Waals surface area (Å²) in [5, 5.41) is 9.18. The van der Waals surface area contributed by atoms with Gasteiger partial charge in [-0.25, -0.2) is 0 Å². The first kappa shape index (κ1) is 15.0. The number of aliphatic carboxylic acids is 1. The van der Waals surface area contributed by atoms with Crippen molar-refractivity contribution in [1.82, 2.24) is 0 Å². The molecule has 2 rings (SSSR count). The minimum Gasteiger partial charge on any atom is -0.481 e. The second-order valence-corrected chi connectivity index (χ2v) is 5.47. The molecule has 20 heavy (non-hydrogen) atoms. The average Bonchev–Trinajstić information content (AvgIpc) is 2.49. The first-order chi connectivity index (χ1) is 9.56. The summed E-state index contributed by atoms with van der Waals surface area (Å²) < 4.78 is 11.9. The Morgan fingerprint density at radius 1 is 1.15 bits per heavy atom. The van der Waals surface area contributed by atoms with Crippen molar-refractivity contribution >= 4 is 5.97 Å². The molecule has 4 nitrogen and oxygen atoms in total. The molecule has 0 unspecified atom stereocenters. The highest BCUT2D eigenvalue weighted by molar-refractivity contribution is 5.68. The van der Waals surface area contributed by atoms with E-state index in [-0.39, 0.29) is 11.8 Å². The molecular weight excluding hydrogens is 256 g/mol. The van der Waals surface area contributed by atoms with Crippen LogP contribution in [0.5, 0.6) is 0 Å². The molecule has 0 saturated carbocycles. The molecule has 0 amide bonds. The molecule has 0 aromatic heterocycles. The third kappa shape index (κ3) is 2.86. The topological polar surface area (TPSA) is 55.8 Å². The minimum atomic E-state index is -1.15. The molecule has 0 aliphatic carbocycles. The molecule has 1 aliphatic rings. The van der Waals surface area contributed by atoms with E-state index < -0.39 is 11.8 Å². The summed E-state index contributed by atoms with van der Waals surface area (Å²) in [6.07, 6.45) is 1.74. The van der Waals surface area contributed by atoms with E-state index in [4.69, 9.17) is 9.47 Å². The SMILES string of the molecule is CCC1(CC)COC(CC(=O)O)(c2ccccc2)OC1. The Labute approximate surface area is 119 Å². The Morgan fingerprint density at radius 2 is 1.70 bits per heavy atom. The molecule has 110 valence electrons. The van der Waals surface area contributed by atoms with Gasteiger partial charge in [-0.3, -0.25) is 4.79 Å². The number of carboxylic acid groups (broad SMARTS) is 1. The first-order valence-corrected chi connectivity index (χ1v) is 7.11. The number of hydrogen-bond donors (Lipinski definition) is 1. The molecule has 0 spiro atoms.